The Hall–Kier alpha value is -3.21. The average molecular weight is 360 g/mol. The number of anilines is 1. The van der Waals surface area contributed by atoms with Gasteiger partial charge in [-0.25, -0.2) is 0 Å². The summed E-state index contributed by atoms with van der Waals surface area (Å²) in [4.78, 5) is 41.7. The lowest BCUT2D eigenvalue weighted by molar-refractivity contribution is -0.118. The molecule has 0 saturated carbocycles. The van der Waals surface area contributed by atoms with Gasteiger partial charge in [-0.3, -0.25) is 14.4 Å². The molecule has 0 aliphatic carbocycles. The number of nitrogens with one attached hydrogen (secondary N) is 1. The molecule has 0 saturated heterocycles. The molecule has 1 amide bonds. The van der Waals surface area contributed by atoms with Crippen LogP contribution in [0.25, 0.3) is 10.9 Å². The summed E-state index contributed by atoms with van der Waals surface area (Å²) >= 11 is 0. The van der Waals surface area contributed by atoms with Crippen LogP contribution in [0.4, 0.5) is 5.69 Å². The van der Waals surface area contributed by atoms with Gasteiger partial charge in [0.25, 0.3) is 5.56 Å². The molecule has 0 radical (unpaired) electrons. The van der Waals surface area contributed by atoms with Gasteiger partial charge in [0.05, 0.1) is 5.69 Å². The molecular formula is C22H20N2O3. The fourth-order valence-electron chi connectivity index (χ4n) is 3.59. The normalized spacial score (nSPS) is 13.7. The average Bonchev–Trinajstić information content (AvgIpc) is 2.66. The lowest BCUT2D eigenvalue weighted by Gasteiger charge is -2.28. The summed E-state index contributed by atoms with van der Waals surface area (Å²) < 4.78 is 0. The van der Waals surface area contributed by atoms with Gasteiger partial charge in [-0.05, 0) is 48.6 Å². The van der Waals surface area contributed by atoms with Crippen molar-refractivity contribution in [2.45, 2.75) is 26.2 Å². The minimum absolute atomic E-state index is 0.0657. The fourth-order valence-corrected chi connectivity index (χ4v) is 3.59. The molecule has 2 aromatic carbocycles. The standard InChI is InChI=1S/C22H20N2O3/c1-14-6-7-15-13-16(22(27)23-18(15)12-14)8-9-21(26)24-11-10-20(25)17-4-2-3-5-19(17)24/h2-7,12-13H,8-11H2,1H3,(H,23,27). The Bertz CT molecular complexity index is 1110. The van der Waals surface area contributed by atoms with Gasteiger partial charge in [-0.2, -0.15) is 0 Å². The number of pyridine rings is 1. The second-order valence-electron chi connectivity index (χ2n) is 6.95. The number of fused-ring (bicyclic) bond motifs is 2. The molecule has 5 nitrogen and oxygen atoms in total. The summed E-state index contributed by atoms with van der Waals surface area (Å²) in [7, 11) is 0. The number of rotatable bonds is 3. The first-order valence-electron chi connectivity index (χ1n) is 9.08. The Balaban J connectivity index is 1.55. The lowest BCUT2D eigenvalue weighted by Crippen LogP contribution is -2.37. The van der Waals surface area contributed by atoms with E-state index >= 15 is 0 Å². The van der Waals surface area contributed by atoms with E-state index in [-0.39, 0.29) is 23.7 Å². The van der Waals surface area contributed by atoms with Gasteiger partial charge < -0.3 is 9.88 Å². The van der Waals surface area contributed by atoms with Crippen LogP contribution < -0.4 is 10.5 Å². The van der Waals surface area contributed by atoms with E-state index in [0.717, 1.165) is 16.5 Å². The highest BCUT2D eigenvalue weighted by molar-refractivity contribution is 6.08. The van der Waals surface area contributed by atoms with Crippen molar-refractivity contribution in [3.05, 3.63) is 75.6 Å². The minimum Gasteiger partial charge on any atom is -0.322 e. The highest BCUT2D eigenvalue weighted by Crippen LogP contribution is 2.27. The van der Waals surface area contributed by atoms with E-state index in [1.807, 2.05) is 37.3 Å². The molecule has 136 valence electrons. The summed E-state index contributed by atoms with van der Waals surface area (Å²) in [5.74, 6) is -0.00531. The van der Waals surface area contributed by atoms with Crippen molar-refractivity contribution in [1.82, 2.24) is 4.98 Å². The third kappa shape index (κ3) is 3.28. The third-order valence-electron chi connectivity index (χ3n) is 5.05. The van der Waals surface area contributed by atoms with Crippen molar-refractivity contribution < 1.29 is 9.59 Å². The molecule has 1 N–H and O–H groups in total. The SMILES string of the molecule is Cc1ccc2cc(CCC(=O)N3CCC(=O)c4ccccc43)c(=O)[nH]c2c1. The number of benzene rings is 2. The first-order valence-corrected chi connectivity index (χ1v) is 9.08. The van der Waals surface area contributed by atoms with Gasteiger partial charge in [-0.1, -0.05) is 24.3 Å². The number of aromatic amines is 1. The second-order valence-corrected chi connectivity index (χ2v) is 6.95. The number of Topliss-reactive ketones (excluding diaryl/α,β-unsaturated/α-hetero) is 1. The molecule has 0 unspecified atom stereocenters. The number of H-pyrrole nitrogens is 1. The van der Waals surface area contributed by atoms with Crippen LogP contribution in [0.1, 0.15) is 34.3 Å². The summed E-state index contributed by atoms with van der Waals surface area (Å²) in [6.45, 7) is 2.37. The van der Waals surface area contributed by atoms with Crippen molar-refractivity contribution >= 4 is 28.3 Å². The van der Waals surface area contributed by atoms with Crippen molar-refractivity contribution in [3.63, 3.8) is 0 Å². The number of carbonyl (C=O) groups is 2. The summed E-state index contributed by atoms with van der Waals surface area (Å²) in [5, 5.41) is 0.955. The van der Waals surface area contributed by atoms with E-state index in [1.54, 1.807) is 23.1 Å². The quantitative estimate of drug-likeness (QED) is 0.778. The Kier molecular flexibility index (Phi) is 4.36. The number of para-hydroxylation sites is 1. The number of carbonyl (C=O) groups excluding carboxylic acids is 2. The molecule has 1 aromatic heterocycles. The lowest BCUT2D eigenvalue weighted by atomic mass is 9.99. The molecule has 4 rings (SSSR count). The first kappa shape index (κ1) is 17.2. The summed E-state index contributed by atoms with van der Waals surface area (Å²) in [6, 6.07) is 15.0. The van der Waals surface area contributed by atoms with Crippen LogP contribution in [0.2, 0.25) is 0 Å². The number of nitrogens with zero attached hydrogens (tertiary/aromatic N) is 1. The number of hydrogen-bond donors (Lipinski definition) is 1. The fraction of sp³-hybridized carbons (Fsp3) is 0.227. The van der Waals surface area contributed by atoms with E-state index in [1.165, 1.54) is 0 Å². The molecule has 5 heteroatoms. The van der Waals surface area contributed by atoms with Crippen molar-refractivity contribution in [3.8, 4) is 0 Å². The number of hydrogen-bond acceptors (Lipinski definition) is 3. The Labute approximate surface area is 156 Å². The van der Waals surface area contributed by atoms with E-state index in [9.17, 15) is 14.4 Å². The van der Waals surface area contributed by atoms with Crippen LogP contribution in [0, 0.1) is 6.92 Å². The molecule has 1 aliphatic rings. The monoisotopic (exact) mass is 360 g/mol. The second kappa shape index (κ2) is 6.83. The molecule has 0 bridgehead atoms. The highest BCUT2D eigenvalue weighted by atomic mass is 16.2. The van der Waals surface area contributed by atoms with E-state index in [4.69, 9.17) is 0 Å². The van der Waals surface area contributed by atoms with Gasteiger partial charge in [0.2, 0.25) is 5.91 Å². The predicted molar refractivity (Wildman–Crippen MR) is 105 cm³/mol. The van der Waals surface area contributed by atoms with E-state index < -0.39 is 0 Å². The van der Waals surface area contributed by atoms with Crippen molar-refractivity contribution in [1.29, 1.82) is 0 Å². The third-order valence-corrected chi connectivity index (χ3v) is 5.05. The zero-order valence-corrected chi connectivity index (χ0v) is 15.1. The molecule has 3 aromatic rings. The smallest absolute Gasteiger partial charge is 0.251 e. The van der Waals surface area contributed by atoms with Crippen LogP contribution in [0.3, 0.4) is 0 Å². The number of aryl methyl sites for hydroxylation is 2. The molecule has 0 fully saturated rings. The number of aromatic nitrogens is 1. The first-order chi connectivity index (χ1) is 13.0. The van der Waals surface area contributed by atoms with E-state index in [0.29, 0.717) is 36.2 Å². The summed E-state index contributed by atoms with van der Waals surface area (Å²) in [5.41, 5.74) is 3.59. The van der Waals surface area contributed by atoms with Crippen LogP contribution in [0.5, 0.6) is 0 Å². The van der Waals surface area contributed by atoms with Gasteiger partial charge in [0.1, 0.15) is 0 Å². The Morgan fingerprint density at radius 1 is 1.11 bits per heavy atom. The molecule has 27 heavy (non-hydrogen) atoms. The predicted octanol–water partition coefficient (Wildman–Crippen LogP) is 3.39. The van der Waals surface area contributed by atoms with Crippen LogP contribution in [-0.4, -0.2) is 23.2 Å². The maximum atomic E-state index is 12.8. The van der Waals surface area contributed by atoms with Gasteiger partial charge in [-0.15, -0.1) is 0 Å². The van der Waals surface area contributed by atoms with Crippen LogP contribution >= 0.6 is 0 Å². The number of amides is 1. The zero-order valence-electron chi connectivity index (χ0n) is 15.1. The summed E-state index contributed by atoms with van der Waals surface area (Å²) in [6.07, 6.45) is 0.923. The Morgan fingerprint density at radius 2 is 1.93 bits per heavy atom. The van der Waals surface area contributed by atoms with Crippen molar-refractivity contribution in [2.24, 2.45) is 0 Å². The minimum atomic E-state index is -0.157. The molecule has 2 heterocycles. The van der Waals surface area contributed by atoms with Crippen molar-refractivity contribution in [2.75, 3.05) is 11.4 Å². The number of ketones is 1. The largest absolute Gasteiger partial charge is 0.322 e. The maximum Gasteiger partial charge on any atom is 0.251 e. The maximum absolute atomic E-state index is 12.8. The Morgan fingerprint density at radius 3 is 2.78 bits per heavy atom. The molecular weight excluding hydrogens is 340 g/mol. The zero-order chi connectivity index (χ0) is 19.0. The van der Waals surface area contributed by atoms with Crippen LogP contribution in [0.15, 0.2) is 53.3 Å². The van der Waals surface area contributed by atoms with Gasteiger partial charge >= 0.3 is 0 Å². The van der Waals surface area contributed by atoms with E-state index in [2.05, 4.69) is 4.98 Å². The van der Waals surface area contributed by atoms with Crippen LogP contribution in [-0.2, 0) is 11.2 Å². The topological polar surface area (TPSA) is 70.2 Å². The highest BCUT2D eigenvalue weighted by Gasteiger charge is 2.26. The molecule has 1 aliphatic heterocycles. The molecule has 0 spiro atoms. The van der Waals surface area contributed by atoms with Gasteiger partial charge in [0, 0.05) is 36.0 Å². The van der Waals surface area contributed by atoms with Gasteiger partial charge in [0.15, 0.2) is 5.78 Å². The molecule has 0 atom stereocenters.